The number of hydrogen-bond donors (Lipinski definition) is 0. The Bertz CT molecular complexity index is 123. The SMILES string of the molecule is C.CC.CCC1CC2(CC(C)C2)C1. The Hall–Kier alpha value is 0. The molecule has 1 spiro atoms. The van der Waals surface area contributed by atoms with Gasteiger partial charge in [-0.3, -0.25) is 0 Å². The molecule has 2 fully saturated rings. The van der Waals surface area contributed by atoms with Crippen LogP contribution in [0.4, 0.5) is 0 Å². The highest BCUT2D eigenvalue weighted by Crippen LogP contribution is 2.61. The van der Waals surface area contributed by atoms with E-state index in [-0.39, 0.29) is 7.43 Å². The van der Waals surface area contributed by atoms with Gasteiger partial charge in [0.05, 0.1) is 0 Å². The molecule has 0 heteroatoms. The second-order valence-electron chi connectivity index (χ2n) is 4.70. The molecule has 2 saturated carbocycles. The van der Waals surface area contributed by atoms with E-state index in [2.05, 4.69) is 13.8 Å². The highest BCUT2D eigenvalue weighted by Gasteiger charge is 2.50. The monoisotopic (exact) mass is 184 g/mol. The van der Waals surface area contributed by atoms with E-state index in [4.69, 9.17) is 0 Å². The van der Waals surface area contributed by atoms with E-state index in [1.54, 1.807) is 25.7 Å². The predicted molar refractivity (Wildman–Crippen MR) is 61.9 cm³/mol. The molecule has 0 aromatic heterocycles. The summed E-state index contributed by atoms with van der Waals surface area (Å²) in [4.78, 5) is 0. The van der Waals surface area contributed by atoms with Gasteiger partial charge < -0.3 is 0 Å². The van der Waals surface area contributed by atoms with Crippen molar-refractivity contribution in [1.29, 1.82) is 0 Å². The van der Waals surface area contributed by atoms with Gasteiger partial charge in [-0.1, -0.05) is 41.5 Å². The first-order valence-corrected chi connectivity index (χ1v) is 5.74. The molecule has 0 N–H and O–H groups in total. The first-order valence-electron chi connectivity index (χ1n) is 5.74. The van der Waals surface area contributed by atoms with Crippen LogP contribution in [0, 0.1) is 17.3 Å². The Morgan fingerprint density at radius 3 is 1.85 bits per heavy atom. The second kappa shape index (κ2) is 5.02. The van der Waals surface area contributed by atoms with E-state index < -0.39 is 0 Å². The van der Waals surface area contributed by atoms with Gasteiger partial charge in [0.2, 0.25) is 0 Å². The third-order valence-corrected chi connectivity index (χ3v) is 3.58. The molecule has 0 saturated heterocycles. The van der Waals surface area contributed by atoms with Crippen molar-refractivity contribution in [2.75, 3.05) is 0 Å². The summed E-state index contributed by atoms with van der Waals surface area (Å²) >= 11 is 0. The lowest BCUT2D eigenvalue weighted by atomic mass is 9.48. The lowest BCUT2D eigenvalue weighted by Gasteiger charge is -2.57. The van der Waals surface area contributed by atoms with Crippen LogP contribution in [-0.4, -0.2) is 0 Å². The minimum absolute atomic E-state index is 0. The maximum absolute atomic E-state index is 2.39. The van der Waals surface area contributed by atoms with Crippen LogP contribution in [0.5, 0.6) is 0 Å². The quantitative estimate of drug-likeness (QED) is 0.544. The highest BCUT2D eigenvalue weighted by atomic mass is 14.5. The molecule has 0 nitrogen and oxygen atoms in total. The average Bonchev–Trinajstić information content (AvgIpc) is 1.98. The molecule has 0 amide bonds. The molecule has 0 aromatic rings. The van der Waals surface area contributed by atoms with E-state index in [0.717, 1.165) is 17.3 Å². The molecule has 0 aromatic carbocycles. The zero-order valence-electron chi connectivity index (χ0n) is 9.19. The molecule has 0 bridgehead atoms. The standard InChI is InChI=1S/C10H18.C2H6.CH4/c1-3-9-6-10(7-9)4-8(2)5-10;1-2;/h8-9H,3-7H2,1-2H3;1-2H3;1H4. The third kappa shape index (κ3) is 2.48. The second-order valence-corrected chi connectivity index (χ2v) is 4.70. The van der Waals surface area contributed by atoms with E-state index in [1.807, 2.05) is 13.8 Å². The predicted octanol–water partition coefficient (Wildman–Crippen LogP) is 4.89. The maximum atomic E-state index is 2.39. The minimum Gasteiger partial charge on any atom is -0.0776 e. The van der Waals surface area contributed by atoms with E-state index in [9.17, 15) is 0 Å². The van der Waals surface area contributed by atoms with Gasteiger partial charge in [0.1, 0.15) is 0 Å². The van der Waals surface area contributed by atoms with E-state index in [1.165, 1.54) is 6.42 Å². The van der Waals surface area contributed by atoms with E-state index >= 15 is 0 Å². The molecule has 0 unspecified atom stereocenters. The molecule has 13 heavy (non-hydrogen) atoms. The van der Waals surface area contributed by atoms with Gasteiger partial charge in [-0.05, 0) is 42.9 Å². The Morgan fingerprint density at radius 2 is 1.54 bits per heavy atom. The van der Waals surface area contributed by atoms with Gasteiger partial charge in [-0.25, -0.2) is 0 Å². The summed E-state index contributed by atoms with van der Waals surface area (Å²) in [6.45, 7) is 8.73. The molecular weight excluding hydrogens is 156 g/mol. The van der Waals surface area contributed by atoms with Crippen LogP contribution in [0.2, 0.25) is 0 Å². The summed E-state index contributed by atoms with van der Waals surface area (Å²) in [7, 11) is 0. The van der Waals surface area contributed by atoms with Crippen molar-refractivity contribution in [2.45, 2.75) is 67.2 Å². The normalized spacial score (nSPS) is 40.6. The van der Waals surface area contributed by atoms with Gasteiger partial charge in [0.15, 0.2) is 0 Å². The molecule has 0 atom stereocenters. The van der Waals surface area contributed by atoms with Gasteiger partial charge in [-0.2, -0.15) is 0 Å². The Morgan fingerprint density at radius 1 is 1.08 bits per heavy atom. The summed E-state index contributed by atoms with van der Waals surface area (Å²) in [5.41, 5.74) is 0.889. The highest BCUT2D eigenvalue weighted by molar-refractivity contribution is 5.01. The molecule has 2 aliphatic rings. The lowest BCUT2D eigenvalue weighted by molar-refractivity contribution is -0.0625. The molecule has 0 radical (unpaired) electrons. The fourth-order valence-corrected chi connectivity index (χ4v) is 3.21. The summed E-state index contributed by atoms with van der Waals surface area (Å²) in [6, 6.07) is 0. The first kappa shape index (κ1) is 13.0. The van der Waals surface area contributed by atoms with Crippen LogP contribution in [0.3, 0.4) is 0 Å². The van der Waals surface area contributed by atoms with Crippen molar-refractivity contribution >= 4 is 0 Å². The van der Waals surface area contributed by atoms with Crippen LogP contribution in [0.25, 0.3) is 0 Å². The minimum atomic E-state index is 0. The van der Waals surface area contributed by atoms with Gasteiger partial charge in [0.25, 0.3) is 0 Å². The number of rotatable bonds is 1. The molecule has 2 aliphatic carbocycles. The summed E-state index contributed by atoms with van der Waals surface area (Å²) in [5, 5.41) is 0. The van der Waals surface area contributed by atoms with Crippen molar-refractivity contribution in [1.82, 2.24) is 0 Å². The molecule has 0 aliphatic heterocycles. The van der Waals surface area contributed by atoms with Gasteiger partial charge >= 0.3 is 0 Å². The maximum Gasteiger partial charge on any atom is -0.0287 e. The molecule has 2 rings (SSSR count). The van der Waals surface area contributed by atoms with Gasteiger partial charge in [-0.15, -0.1) is 0 Å². The zero-order chi connectivity index (χ0) is 9.19. The fourth-order valence-electron chi connectivity index (χ4n) is 3.21. The average molecular weight is 184 g/mol. The van der Waals surface area contributed by atoms with E-state index in [0.29, 0.717) is 0 Å². The van der Waals surface area contributed by atoms with Crippen molar-refractivity contribution in [3.05, 3.63) is 0 Å². The molecule has 0 heterocycles. The van der Waals surface area contributed by atoms with Crippen LogP contribution in [-0.2, 0) is 0 Å². The Kier molecular flexibility index (Phi) is 5.02. The van der Waals surface area contributed by atoms with Gasteiger partial charge in [0, 0.05) is 0 Å². The molecule has 80 valence electrons. The number of hydrogen-bond acceptors (Lipinski definition) is 0. The lowest BCUT2D eigenvalue weighted by Crippen LogP contribution is -2.46. The Balaban J connectivity index is 0.000000451. The summed E-state index contributed by atoms with van der Waals surface area (Å²) in [6.07, 6.45) is 7.64. The topological polar surface area (TPSA) is 0 Å². The first-order chi connectivity index (χ1) is 5.74. The summed E-state index contributed by atoms with van der Waals surface area (Å²) in [5.74, 6) is 2.16. The van der Waals surface area contributed by atoms with Crippen molar-refractivity contribution in [3.8, 4) is 0 Å². The van der Waals surface area contributed by atoms with Crippen LogP contribution in [0.15, 0.2) is 0 Å². The van der Waals surface area contributed by atoms with Crippen molar-refractivity contribution < 1.29 is 0 Å². The largest absolute Gasteiger partial charge is 0.0776 e. The van der Waals surface area contributed by atoms with Crippen molar-refractivity contribution in [2.24, 2.45) is 17.3 Å². The Labute approximate surface area is 85.1 Å². The summed E-state index contributed by atoms with van der Waals surface area (Å²) < 4.78 is 0. The zero-order valence-corrected chi connectivity index (χ0v) is 9.19. The smallest absolute Gasteiger partial charge is 0.0287 e. The molecular formula is C13H28. The third-order valence-electron chi connectivity index (χ3n) is 3.58. The van der Waals surface area contributed by atoms with Crippen molar-refractivity contribution in [3.63, 3.8) is 0 Å². The van der Waals surface area contributed by atoms with Crippen LogP contribution < -0.4 is 0 Å². The fraction of sp³-hybridized carbons (Fsp3) is 1.00. The van der Waals surface area contributed by atoms with Crippen LogP contribution >= 0.6 is 0 Å². The van der Waals surface area contributed by atoms with Crippen LogP contribution in [0.1, 0.15) is 67.2 Å².